The zero-order valence-corrected chi connectivity index (χ0v) is 15.5. The van der Waals surface area contributed by atoms with Crippen molar-refractivity contribution in [3.05, 3.63) is 88.0 Å². The first kappa shape index (κ1) is 18.8. The summed E-state index contributed by atoms with van der Waals surface area (Å²) in [4.78, 5) is 16.9. The molecular weight excluding hydrogens is 348 g/mol. The van der Waals surface area contributed by atoms with Gasteiger partial charge in [0.1, 0.15) is 17.3 Å². The van der Waals surface area contributed by atoms with Crippen LogP contribution in [-0.2, 0) is 13.1 Å². The Kier molecular flexibility index (Phi) is 5.35. The zero-order valence-electron chi connectivity index (χ0n) is 15.5. The minimum Gasteiger partial charge on any atom is -0.347 e. The van der Waals surface area contributed by atoms with Gasteiger partial charge in [-0.25, -0.2) is 8.78 Å². The summed E-state index contributed by atoms with van der Waals surface area (Å²) in [5, 5.41) is 2.86. The predicted octanol–water partition coefficient (Wildman–Crippen LogP) is 4.06. The van der Waals surface area contributed by atoms with Crippen LogP contribution in [0.2, 0.25) is 0 Å². The van der Waals surface area contributed by atoms with Gasteiger partial charge in [-0.2, -0.15) is 0 Å². The van der Waals surface area contributed by atoms with Crippen LogP contribution in [0.3, 0.4) is 0 Å². The molecule has 0 atom stereocenters. The lowest BCUT2D eigenvalue weighted by Gasteiger charge is -2.14. The van der Waals surface area contributed by atoms with Crippen molar-refractivity contribution in [3.8, 4) is 0 Å². The molecule has 0 bridgehead atoms. The average molecular weight is 369 g/mol. The molecule has 0 spiro atoms. The summed E-state index contributed by atoms with van der Waals surface area (Å²) >= 11 is 0. The highest BCUT2D eigenvalue weighted by Crippen LogP contribution is 2.24. The Morgan fingerprint density at radius 3 is 2.41 bits per heavy atom. The molecule has 0 saturated carbocycles. The fourth-order valence-corrected chi connectivity index (χ4v) is 3.12. The van der Waals surface area contributed by atoms with Gasteiger partial charge >= 0.3 is 0 Å². The monoisotopic (exact) mass is 369 g/mol. The molecule has 0 aliphatic carbocycles. The Balaban J connectivity index is 1.93. The molecule has 3 rings (SSSR count). The van der Waals surface area contributed by atoms with Crippen LogP contribution in [0.1, 0.15) is 38.4 Å². The highest BCUT2D eigenvalue weighted by molar-refractivity contribution is 5.95. The highest BCUT2D eigenvalue weighted by Gasteiger charge is 2.22. The van der Waals surface area contributed by atoms with Crippen LogP contribution in [0.4, 0.5) is 8.78 Å². The molecule has 0 aliphatic rings. The maximum absolute atomic E-state index is 14.1. The fourth-order valence-electron chi connectivity index (χ4n) is 3.12. The molecule has 6 heteroatoms. The number of aromatic nitrogens is 2. The number of carbonyl (C=O) groups is 1. The topological polar surface area (TPSA) is 46.9 Å². The summed E-state index contributed by atoms with van der Waals surface area (Å²) < 4.78 is 29.9. The van der Waals surface area contributed by atoms with Crippen LogP contribution >= 0.6 is 0 Å². The van der Waals surface area contributed by atoms with Crippen LogP contribution in [0.5, 0.6) is 0 Å². The molecule has 1 aromatic carbocycles. The van der Waals surface area contributed by atoms with E-state index < -0.39 is 11.6 Å². The standard InChI is InChI=1S/C21H21F2N3O/c1-13-14(2)20(21(27)25-11-16-6-5-9-24-10-16)26(15(13)3)12-17-18(22)7-4-8-19(17)23/h4-10H,11-12H2,1-3H3,(H,25,27). The van der Waals surface area contributed by atoms with Crippen molar-refractivity contribution in [1.29, 1.82) is 0 Å². The number of rotatable bonds is 5. The highest BCUT2D eigenvalue weighted by atomic mass is 19.1. The molecule has 1 N–H and O–H groups in total. The minimum absolute atomic E-state index is 0.0470. The molecule has 140 valence electrons. The van der Waals surface area contributed by atoms with E-state index >= 15 is 0 Å². The number of hydrogen-bond acceptors (Lipinski definition) is 2. The van der Waals surface area contributed by atoms with Crippen molar-refractivity contribution < 1.29 is 13.6 Å². The molecule has 0 fully saturated rings. The van der Waals surface area contributed by atoms with E-state index in [1.54, 1.807) is 23.0 Å². The van der Waals surface area contributed by atoms with Gasteiger partial charge in [-0.3, -0.25) is 9.78 Å². The van der Waals surface area contributed by atoms with E-state index in [0.29, 0.717) is 12.2 Å². The van der Waals surface area contributed by atoms with E-state index in [4.69, 9.17) is 0 Å². The van der Waals surface area contributed by atoms with Crippen molar-refractivity contribution in [2.75, 3.05) is 0 Å². The van der Waals surface area contributed by atoms with Crippen LogP contribution in [0, 0.1) is 32.4 Å². The lowest BCUT2D eigenvalue weighted by atomic mass is 10.1. The van der Waals surface area contributed by atoms with Gasteiger partial charge in [0.05, 0.1) is 6.54 Å². The summed E-state index contributed by atoms with van der Waals surface area (Å²) in [6.45, 7) is 5.86. The number of hydrogen-bond donors (Lipinski definition) is 1. The van der Waals surface area contributed by atoms with Crippen molar-refractivity contribution >= 4 is 5.91 Å². The first-order valence-electron chi connectivity index (χ1n) is 8.66. The fraction of sp³-hybridized carbons (Fsp3) is 0.238. The first-order chi connectivity index (χ1) is 12.9. The number of carbonyl (C=O) groups excluding carboxylic acids is 1. The Bertz CT molecular complexity index is 961. The molecule has 2 aromatic heterocycles. The molecule has 0 saturated heterocycles. The van der Waals surface area contributed by atoms with E-state index in [9.17, 15) is 13.6 Å². The molecule has 27 heavy (non-hydrogen) atoms. The first-order valence-corrected chi connectivity index (χ1v) is 8.66. The Morgan fingerprint density at radius 1 is 1.07 bits per heavy atom. The Morgan fingerprint density at radius 2 is 1.78 bits per heavy atom. The summed E-state index contributed by atoms with van der Waals surface area (Å²) in [6.07, 6.45) is 3.34. The van der Waals surface area contributed by atoms with Crippen molar-refractivity contribution in [3.63, 3.8) is 0 Å². The van der Waals surface area contributed by atoms with Crippen LogP contribution in [-0.4, -0.2) is 15.5 Å². The van der Waals surface area contributed by atoms with Crippen molar-refractivity contribution in [2.24, 2.45) is 0 Å². The predicted molar refractivity (Wildman–Crippen MR) is 99.5 cm³/mol. The maximum atomic E-state index is 14.1. The lowest BCUT2D eigenvalue weighted by Crippen LogP contribution is -2.27. The third kappa shape index (κ3) is 3.74. The summed E-state index contributed by atoms with van der Waals surface area (Å²) in [5.41, 5.74) is 3.76. The number of benzene rings is 1. The molecule has 3 aromatic rings. The van der Waals surface area contributed by atoms with Gasteiger partial charge < -0.3 is 9.88 Å². The second-order valence-corrected chi connectivity index (χ2v) is 6.51. The van der Waals surface area contributed by atoms with Crippen LogP contribution < -0.4 is 5.32 Å². The lowest BCUT2D eigenvalue weighted by molar-refractivity contribution is 0.0941. The molecule has 0 aliphatic heterocycles. The maximum Gasteiger partial charge on any atom is 0.268 e. The van der Waals surface area contributed by atoms with E-state index in [1.807, 2.05) is 26.8 Å². The van der Waals surface area contributed by atoms with Crippen LogP contribution in [0.25, 0.3) is 0 Å². The largest absolute Gasteiger partial charge is 0.347 e. The van der Waals surface area contributed by atoms with E-state index in [0.717, 1.165) is 22.4 Å². The van der Waals surface area contributed by atoms with Gasteiger partial charge in [0.25, 0.3) is 5.91 Å². The van der Waals surface area contributed by atoms with Gasteiger partial charge in [-0.1, -0.05) is 12.1 Å². The molecule has 4 nitrogen and oxygen atoms in total. The second-order valence-electron chi connectivity index (χ2n) is 6.51. The molecule has 1 amide bonds. The molecular formula is C21H21F2N3O. The summed E-state index contributed by atoms with van der Waals surface area (Å²) in [6, 6.07) is 7.43. The van der Waals surface area contributed by atoms with Gasteiger partial charge in [-0.15, -0.1) is 0 Å². The number of nitrogens with one attached hydrogen (secondary N) is 1. The normalized spacial score (nSPS) is 10.9. The smallest absolute Gasteiger partial charge is 0.268 e. The van der Waals surface area contributed by atoms with Crippen molar-refractivity contribution in [1.82, 2.24) is 14.9 Å². The molecule has 0 radical (unpaired) electrons. The van der Waals surface area contributed by atoms with E-state index in [1.165, 1.54) is 18.2 Å². The minimum atomic E-state index is -0.625. The van der Waals surface area contributed by atoms with Gasteiger partial charge in [0.2, 0.25) is 0 Å². The van der Waals surface area contributed by atoms with Gasteiger partial charge in [0, 0.05) is 30.2 Å². The molecule has 0 unspecified atom stereocenters. The quantitative estimate of drug-likeness (QED) is 0.737. The Hall–Kier alpha value is -3.02. The summed E-state index contributed by atoms with van der Waals surface area (Å²) in [7, 11) is 0. The van der Waals surface area contributed by atoms with E-state index in [2.05, 4.69) is 10.3 Å². The number of pyridine rings is 1. The van der Waals surface area contributed by atoms with Gasteiger partial charge in [0.15, 0.2) is 0 Å². The number of nitrogens with zero attached hydrogens (tertiary/aromatic N) is 2. The van der Waals surface area contributed by atoms with Crippen LogP contribution in [0.15, 0.2) is 42.7 Å². The Labute approximate surface area is 156 Å². The second kappa shape index (κ2) is 7.70. The number of halogens is 2. The SMILES string of the molecule is Cc1c(C)c(C(=O)NCc2cccnc2)n(Cc2c(F)cccc2F)c1C. The van der Waals surface area contributed by atoms with E-state index in [-0.39, 0.29) is 18.0 Å². The third-order valence-corrected chi connectivity index (χ3v) is 4.90. The zero-order chi connectivity index (χ0) is 19.6. The number of amides is 1. The summed E-state index contributed by atoms with van der Waals surface area (Å²) in [5.74, 6) is -1.54. The van der Waals surface area contributed by atoms with Crippen molar-refractivity contribution in [2.45, 2.75) is 33.9 Å². The van der Waals surface area contributed by atoms with Gasteiger partial charge in [-0.05, 0) is 55.7 Å². The third-order valence-electron chi connectivity index (χ3n) is 4.90. The average Bonchev–Trinajstić information content (AvgIpc) is 2.87. The molecule has 2 heterocycles.